The quantitative estimate of drug-likeness (QED) is 0.473. The van der Waals surface area contributed by atoms with Crippen molar-refractivity contribution in [2.45, 2.75) is 6.61 Å². The Morgan fingerprint density at radius 2 is 2.05 bits per heavy atom. The zero-order valence-corrected chi connectivity index (χ0v) is 12.4. The first kappa shape index (κ1) is 15.3. The molecule has 110 valence electrons. The van der Waals surface area contributed by atoms with E-state index in [-0.39, 0.29) is 23.2 Å². The van der Waals surface area contributed by atoms with Crippen LogP contribution in [-0.4, -0.2) is 17.0 Å². The van der Waals surface area contributed by atoms with Crippen LogP contribution in [0.25, 0.3) is 0 Å². The third-order valence-corrected chi connectivity index (χ3v) is 3.20. The van der Waals surface area contributed by atoms with E-state index in [1.165, 1.54) is 37.6 Å². The van der Waals surface area contributed by atoms with Crippen molar-refractivity contribution in [1.82, 2.24) is 4.98 Å². The molecule has 0 aliphatic heterocycles. The normalized spacial score (nSPS) is 10.2. The summed E-state index contributed by atoms with van der Waals surface area (Å²) in [4.78, 5) is 14.2. The summed E-state index contributed by atoms with van der Waals surface area (Å²) in [5.74, 6) is 0.636. The van der Waals surface area contributed by atoms with Crippen LogP contribution in [0.3, 0.4) is 0 Å². The Hall–Kier alpha value is -2.05. The molecular formula is C13H10Cl2N2O4. The molecule has 0 N–H and O–H groups in total. The molecule has 2 rings (SSSR count). The molecule has 0 fully saturated rings. The molecular weight excluding hydrogens is 319 g/mol. The second kappa shape index (κ2) is 6.60. The summed E-state index contributed by atoms with van der Waals surface area (Å²) in [6.45, 7) is 0.0839. The van der Waals surface area contributed by atoms with Crippen molar-refractivity contribution in [2.75, 3.05) is 7.11 Å². The topological polar surface area (TPSA) is 74.5 Å². The Morgan fingerprint density at radius 1 is 1.29 bits per heavy atom. The highest BCUT2D eigenvalue weighted by atomic mass is 35.5. The monoisotopic (exact) mass is 328 g/mol. The molecule has 0 atom stereocenters. The van der Waals surface area contributed by atoms with Gasteiger partial charge in [-0.25, -0.2) is 4.98 Å². The minimum atomic E-state index is -0.511. The molecule has 0 aliphatic rings. The van der Waals surface area contributed by atoms with E-state index >= 15 is 0 Å². The van der Waals surface area contributed by atoms with Crippen LogP contribution in [0.2, 0.25) is 10.2 Å². The smallest absolute Gasteiger partial charge is 0.273 e. The van der Waals surface area contributed by atoms with Crippen LogP contribution >= 0.6 is 23.2 Å². The van der Waals surface area contributed by atoms with Gasteiger partial charge in [0.1, 0.15) is 11.8 Å². The number of halogens is 2. The molecule has 0 bridgehead atoms. The molecule has 0 unspecified atom stereocenters. The van der Waals surface area contributed by atoms with E-state index in [1.807, 2.05) is 0 Å². The van der Waals surface area contributed by atoms with Crippen molar-refractivity contribution in [3.63, 3.8) is 0 Å². The van der Waals surface area contributed by atoms with Gasteiger partial charge in [-0.2, -0.15) is 0 Å². The van der Waals surface area contributed by atoms with Crippen LogP contribution in [-0.2, 0) is 6.61 Å². The number of nitro groups is 1. The summed E-state index contributed by atoms with van der Waals surface area (Å²) >= 11 is 11.7. The number of nitrogens with zero attached hydrogens (tertiary/aromatic N) is 2. The highest BCUT2D eigenvalue weighted by Gasteiger charge is 2.13. The van der Waals surface area contributed by atoms with Gasteiger partial charge in [-0.3, -0.25) is 10.1 Å². The molecule has 0 aliphatic carbocycles. The Balaban J connectivity index is 2.22. The Labute approximate surface area is 130 Å². The number of methoxy groups -OCH3 is 1. The summed E-state index contributed by atoms with van der Waals surface area (Å²) < 4.78 is 10.6. The van der Waals surface area contributed by atoms with Crippen LogP contribution in [0.1, 0.15) is 5.56 Å². The number of hydrogen-bond acceptors (Lipinski definition) is 5. The first-order valence-electron chi connectivity index (χ1n) is 5.76. The molecule has 8 heteroatoms. The lowest BCUT2D eigenvalue weighted by Gasteiger charge is -2.11. The van der Waals surface area contributed by atoms with Crippen molar-refractivity contribution in [3.05, 3.63) is 56.3 Å². The first-order valence-corrected chi connectivity index (χ1v) is 6.52. The molecule has 1 heterocycles. The largest absolute Gasteiger partial charge is 0.493 e. The SMILES string of the molecule is COc1ccc([N+](=O)[O-])cc1OCc1cnc(Cl)cc1Cl. The maximum atomic E-state index is 10.8. The lowest BCUT2D eigenvalue weighted by atomic mass is 10.2. The van der Waals surface area contributed by atoms with E-state index in [2.05, 4.69) is 4.98 Å². The molecule has 0 spiro atoms. The number of non-ortho nitro benzene ring substituents is 1. The van der Waals surface area contributed by atoms with Crippen LogP contribution in [0.15, 0.2) is 30.5 Å². The number of pyridine rings is 1. The van der Waals surface area contributed by atoms with Crippen molar-refractivity contribution in [3.8, 4) is 11.5 Å². The van der Waals surface area contributed by atoms with Crippen LogP contribution in [0.4, 0.5) is 5.69 Å². The lowest BCUT2D eigenvalue weighted by molar-refractivity contribution is -0.385. The fourth-order valence-electron chi connectivity index (χ4n) is 1.59. The molecule has 1 aromatic heterocycles. The number of nitro benzene ring substituents is 1. The summed E-state index contributed by atoms with van der Waals surface area (Å²) in [7, 11) is 1.45. The van der Waals surface area contributed by atoms with E-state index in [0.29, 0.717) is 16.3 Å². The zero-order valence-electron chi connectivity index (χ0n) is 10.9. The summed E-state index contributed by atoms with van der Waals surface area (Å²) in [5, 5.41) is 11.5. The summed E-state index contributed by atoms with van der Waals surface area (Å²) in [6.07, 6.45) is 1.48. The molecule has 0 saturated carbocycles. The molecule has 0 saturated heterocycles. The minimum Gasteiger partial charge on any atom is -0.493 e. The third-order valence-electron chi connectivity index (χ3n) is 2.64. The van der Waals surface area contributed by atoms with Crippen LogP contribution in [0.5, 0.6) is 11.5 Å². The maximum absolute atomic E-state index is 10.8. The Morgan fingerprint density at radius 3 is 2.67 bits per heavy atom. The van der Waals surface area contributed by atoms with Gasteiger partial charge in [-0.05, 0) is 12.1 Å². The molecule has 6 nitrogen and oxygen atoms in total. The van der Waals surface area contributed by atoms with E-state index in [1.54, 1.807) is 0 Å². The lowest BCUT2D eigenvalue weighted by Crippen LogP contribution is -2.00. The van der Waals surface area contributed by atoms with Crippen molar-refractivity contribution in [2.24, 2.45) is 0 Å². The second-order valence-corrected chi connectivity index (χ2v) is 4.77. The van der Waals surface area contributed by atoms with E-state index in [0.717, 1.165) is 0 Å². The minimum absolute atomic E-state index is 0.0839. The average Bonchev–Trinajstić information content (AvgIpc) is 2.46. The first-order chi connectivity index (χ1) is 10.0. The van der Waals surface area contributed by atoms with Crippen molar-refractivity contribution >= 4 is 28.9 Å². The molecule has 21 heavy (non-hydrogen) atoms. The highest BCUT2D eigenvalue weighted by Crippen LogP contribution is 2.32. The van der Waals surface area contributed by atoms with Gasteiger partial charge in [0, 0.05) is 17.8 Å². The van der Waals surface area contributed by atoms with E-state index < -0.39 is 4.92 Å². The van der Waals surface area contributed by atoms with Gasteiger partial charge in [-0.15, -0.1) is 0 Å². The fourth-order valence-corrected chi connectivity index (χ4v) is 2.01. The van der Waals surface area contributed by atoms with Gasteiger partial charge in [0.2, 0.25) is 0 Å². The number of hydrogen-bond donors (Lipinski definition) is 0. The number of rotatable bonds is 5. The molecule has 0 amide bonds. The van der Waals surface area contributed by atoms with Crippen molar-refractivity contribution < 1.29 is 14.4 Å². The Bertz CT molecular complexity index is 679. The molecule has 2 aromatic rings. The number of aromatic nitrogens is 1. The van der Waals surface area contributed by atoms with Gasteiger partial charge >= 0.3 is 0 Å². The Kier molecular flexibility index (Phi) is 4.82. The fraction of sp³-hybridized carbons (Fsp3) is 0.154. The summed E-state index contributed by atoms with van der Waals surface area (Å²) in [6, 6.07) is 5.58. The average molecular weight is 329 g/mol. The van der Waals surface area contributed by atoms with E-state index in [4.69, 9.17) is 32.7 Å². The zero-order chi connectivity index (χ0) is 15.4. The third kappa shape index (κ3) is 3.74. The van der Waals surface area contributed by atoms with E-state index in [9.17, 15) is 10.1 Å². The number of benzene rings is 1. The standard InChI is InChI=1S/C13H10Cl2N2O4/c1-20-11-3-2-9(17(18)19)4-12(11)21-7-8-6-16-13(15)5-10(8)14/h2-6H,7H2,1H3. The van der Waals surface area contributed by atoms with Gasteiger partial charge in [0.15, 0.2) is 11.5 Å². The molecule has 0 radical (unpaired) electrons. The second-order valence-electron chi connectivity index (χ2n) is 3.98. The van der Waals surface area contributed by atoms with Gasteiger partial charge in [0.05, 0.1) is 23.1 Å². The highest BCUT2D eigenvalue weighted by molar-refractivity contribution is 6.34. The number of ether oxygens (including phenoxy) is 2. The maximum Gasteiger partial charge on any atom is 0.273 e. The predicted octanol–water partition coefficient (Wildman–Crippen LogP) is 3.88. The predicted molar refractivity (Wildman–Crippen MR) is 78.2 cm³/mol. The molecule has 1 aromatic carbocycles. The van der Waals surface area contributed by atoms with Crippen molar-refractivity contribution in [1.29, 1.82) is 0 Å². The van der Waals surface area contributed by atoms with Crippen LogP contribution in [0, 0.1) is 10.1 Å². The van der Waals surface area contributed by atoms with Gasteiger partial charge in [-0.1, -0.05) is 23.2 Å². The van der Waals surface area contributed by atoms with Crippen LogP contribution < -0.4 is 9.47 Å². The van der Waals surface area contributed by atoms with Gasteiger partial charge in [0.25, 0.3) is 5.69 Å². The van der Waals surface area contributed by atoms with Gasteiger partial charge < -0.3 is 9.47 Å². The summed E-state index contributed by atoms with van der Waals surface area (Å²) in [5.41, 5.74) is 0.515.